The molecule has 0 fully saturated rings. The third kappa shape index (κ3) is 8.98. The zero-order valence-electron chi connectivity index (χ0n) is 13.4. The van der Waals surface area contributed by atoms with Crippen LogP contribution in [-0.2, 0) is 11.2 Å². The van der Waals surface area contributed by atoms with Crippen LogP contribution >= 0.6 is 24.0 Å². The third-order valence-corrected chi connectivity index (χ3v) is 3.18. The lowest BCUT2D eigenvalue weighted by molar-refractivity contribution is 0.153. The van der Waals surface area contributed by atoms with Gasteiger partial charge in [0.2, 0.25) is 0 Å². The molecule has 0 aliphatic carbocycles. The summed E-state index contributed by atoms with van der Waals surface area (Å²) in [5.74, 6) is 1.80. The van der Waals surface area contributed by atoms with E-state index in [0.717, 1.165) is 44.3 Å². The zero-order chi connectivity index (χ0) is 14.8. The Hall–Kier alpha value is -0.760. The molecule has 0 atom stereocenters. The molecule has 1 aromatic heterocycles. The van der Waals surface area contributed by atoms with Gasteiger partial charge in [-0.15, -0.1) is 24.0 Å². The first-order chi connectivity index (χ1) is 9.57. The van der Waals surface area contributed by atoms with E-state index in [2.05, 4.69) is 29.5 Å². The van der Waals surface area contributed by atoms with Gasteiger partial charge in [-0.25, -0.2) is 0 Å². The summed E-state index contributed by atoms with van der Waals surface area (Å²) in [7, 11) is 3.52. The molecule has 0 aliphatic heterocycles. The molecule has 0 radical (unpaired) electrons. The molecule has 2 N–H and O–H groups in total. The Kier molecular flexibility index (Phi) is 10.5. The molecule has 0 saturated carbocycles. The molecule has 122 valence electrons. The number of methoxy groups -OCH3 is 1. The van der Waals surface area contributed by atoms with E-state index in [1.165, 1.54) is 0 Å². The van der Waals surface area contributed by atoms with Crippen LogP contribution in [0.4, 0.5) is 0 Å². The fraction of sp³-hybridized carbons (Fsp3) is 0.667. The van der Waals surface area contributed by atoms with Crippen molar-refractivity contribution >= 4 is 29.9 Å². The number of aliphatic imine (C=N–C) groups is 1. The van der Waals surface area contributed by atoms with Crippen LogP contribution < -0.4 is 10.6 Å². The maximum atomic E-state index is 5.29. The minimum absolute atomic E-state index is 0. The topological polar surface area (TPSA) is 58.8 Å². The summed E-state index contributed by atoms with van der Waals surface area (Å²) < 4.78 is 10.4. The van der Waals surface area contributed by atoms with E-state index in [9.17, 15) is 0 Å². The monoisotopic (exact) mass is 409 g/mol. The quantitative estimate of drug-likeness (QED) is 0.394. The number of rotatable bonds is 8. The molecule has 21 heavy (non-hydrogen) atoms. The van der Waals surface area contributed by atoms with Crippen molar-refractivity contribution in [2.75, 3.05) is 33.9 Å². The van der Waals surface area contributed by atoms with E-state index in [1.54, 1.807) is 20.4 Å². The second-order valence-corrected chi connectivity index (χ2v) is 5.59. The normalized spacial score (nSPS) is 11.9. The predicted molar refractivity (Wildman–Crippen MR) is 97.5 cm³/mol. The number of furan rings is 1. The van der Waals surface area contributed by atoms with E-state index >= 15 is 0 Å². The van der Waals surface area contributed by atoms with Gasteiger partial charge in [0, 0.05) is 40.3 Å². The molecule has 0 amide bonds. The maximum absolute atomic E-state index is 5.29. The van der Waals surface area contributed by atoms with Crippen LogP contribution in [0.25, 0.3) is 0 Å². The first-order valence-corrected chi connectivity index (χ1v) is 7.03. The van der Waals surface area contributed by atoms with Gasteiger partial charge in [0.05, 0.1) is 6.26 Å². The fourth-order valence-electron chi connectivity index (χ4n) is 1.77. The minimum Gasteiger partial charge on any atom is -0.469 e. The van der Waals surface area contributed by atoms with Gasteiger partial charge in [0.1, 0.15) is 5.76 Å². The first kappa shape index (κ1) is 20.2. The van der Waals surface area contributed by atoms with Crippen LogP contribution in [0, 0.1) is 5.41 Å². The van der Waals surface area contributed by atoms with Crippen molar-refractivity contribution in [1.29, 1.82) is 0 Å². The molecule has 0 aromatic carbocycles. The molecule has 5 nitrogen and oxygen atoms in total. The van der Waals surface area contributed by atoms with Gasteiger partial charge in [-0.1, -0.05) is 13.8 Å². The smallest absolute Gasteiger partial charge is 0.191 e. The Balaban J connectivity index is 0.00000400. The highest BCUT2D eigenvalue weighted by atomic mass is 127. The largest absolute Gasteiger partial charge is 0.469 e. The summed E-state index contributed by atoms with van der Waals surface area (Å²) in [5.41, 5.74) is 0.175. The molecule has 0 bridgehead atoms. The average Bonchev–Trinajstić information content (AvgIpc) is 2.93. The standard InChI is InChI=1S/C15H27N3O2.HI/c1-15(2,8-11-19-4)12-18-14(16-3)17-9-7-13-6-5-10-20-13;/h5-6,10H,7-9,11-12H2,1-4H3,(H2,16,17,18);1H. The van der Waals surface area contributed by atoms with Gasteiger partial charge in [-0.3, -0.25) is 4.99 Å². The highest BCUT2D eigenvalue weighted by molar-refractivity contribution is 14.0. The van der Waals surface area contributed by atoms with E-state index in [-0.39, 0.29) is 29.4 Å². The highest BCUT2D eigenvalue weighted by Crippen LogP contribution is 2.18. The summed E-state index contributed by atoms with van der Waals surface area (Å²) in [6.45, 7) is 6.87. The molecule has 0 spiro atoms. The summed E-state index contributed by atoms with van der Waals surface area (Å²) in [6.07, 6.45) is 3.56. The molecule has 1 heterocycles. The van der Waals surface area contributed by atoms with Crippen LogP contribution in [0.5, 0.6) is 0 Å². The molecule has 0 aliphatic rings. The van der Waals surface area contributed by atoms with Crippen molar-refractivity contribution < 1.29 is 9.15 Å². The average molecular weight is 409 g/mol. The number of ether oxygens (including phenoxy) is 1. The summed E-state index contributed by atoms with van der Waals surface area (Å²) in [5, 5.41) is 6.64. The van der Waals surface area contributed by atoms with Crippen molar-refractivity contribution in [3.8, 4) is 0 Å². The number of nitrogens with one attached hydrogen (secondary N) is 2. The lowest BCUT2D eigenvalue weighted by atomic mass is 9.90. The zero-order valence-corrected chi connectivity index (χ0v) is 15.8. The molecule has 1 aromatic rings. The van der Waals surface area contributed by atoms with Crippen LogP contribution in [0.1, 0.15) is 26.0 Å². The van der Waals surface area contributed by atoms with Gasteiger partial charge in [0.15, 0.2) is 5.96 Å². The third-order valence-electron chi connectivity index (χ3n) is 3.18. The summed E-state index contributed by atoms with van der Waals surface area (Å²) in [6, 6.07) is 3.88. The van der Waals surface area contributed by atoms with Gasteiger partial charge >= 0.3 is 0 Å². The second-order valence-electron chi connectivity index (χ2n) is 5.59. The van der Waals surface area contributed by atoms with E-state index in [1.807, 2.05) is 12.1 Å². The number of nitrogens with zero attached hydrogens (tertiary/aromatic N) is 1. The summed E-state index contributed by atoms with van der Waals surface area (Å²) in [4.78, 5) is 4.22. The van der Waals surface area contributed by atoms with Crippen molar-refractivity contribution in [1.82, 2.24) is 10.6 Å². The summed E-state index contributed by atoms with van der Waals surface area (Å²) >= 11 is 0. The minimum atomic E-state index is 0. The van der Waals surface area contributed by atoms with E-state index < -0.39 is 0 Å². The number of guanidine groups is 1. The lowest BCUT2D eigenvalue weighted by Gasteiger charge is -2.25. The second kappa shape index (κ2) is 10.9. The molecule has 6 heteroatoms. The first-order valence-electron chi connectivity index (χ1n) is 7.03. The van der Waals surface area contributed by atoms with E-state index in [4.69, 9.17) is 9.15 Å². The number of hydrogen-bond donors (Lipinski definition) is 2. The van der Waals surface area contributed by atoms with Gasteiger partial charge in [-0.05, 0) is 24.0 Å². The predicted octanol–water partition coefficient (Wildman–Crippen LogP) is 2.67. The molecular formula is C15H28IN3O2. The van der Waals surface area contributed by atoms with Crippen molar-refractivity contribution in [2.24, 2.45) is 10.4 Å². The maximum Gasteiger partial charge on any atom is 0.191 e. The Bertz CT molecular complexity index is 392. The molecule has 0 unspecified atom stereocenters. The van der Waals surface area contributed by atoms with Crippen LogP contribution in [0.3, 0.4) is 0 Å². The Morgan fingerprint density at radius 2 is 2.14 bits per heavy atom. The Labute approximate surface area is 144 Å². The van der Waals surface area contributed by atoms with Crippen LogP contribution in [0.15, 0.2) is 27.8 Å². The Morgan fingerprint density at radius 3 is 2.71 bits per heavy atom. The van der Waals surface area contributed by atoms with Crippen molar-refractivity contribution in [2.45, 2.75) is 26.7 Å². The van der Waals surface area contributed by atoms with Gasteiger partial charge in [-0.2, -0.15) is 0 Å². The van der Waals surface area contributed by atoms with Crippen LogP contribution in [0.2, 0.25) is 0 Å². The number of hydrogen-bond acceptors (Lipinski definition) is 3. The van der Waals surface area contributed by atoms with Crippen molar-refractivity contribution in [3.05, 3.63) is 24.2 Å². The van der Waals surface area contributed by atoms with E-state index in [0.29, 0.717) is 0 Å². The van der Waals surface area contributed by atoms with Crippen molar-refractivity contribution in [3.63, 3.8) is 0 Å². The fourth-order valence-corrected chi connectivity index (χ4v) is 1.77. The number of halogens is 1. The molecular weight excluding hydrogens is 381 g/mol. The van der Waals surface area contributed by atoms with Gasteiger partial charge < -0.3 is 19.8 Å². The van der Waals surface area contributed by atoms with Gasteiger partial charge in [0.25, 0.3) is 0 Å². The Morgan fingerprint density at radius 1 is 1.38 bits per heavy atom. The highest BCUT2D eigenvalue weighted by Gasteiger charge is 2.17. The molecule has 0 saturated heterocycles. The van der Waals surface area contributed by atoms with Crippen LogP contribution in [-0.4, -0.2) is 39.8 Å². The molecule has 1 rings (SSSR count). The lowest BCUT2D eigenvalue weighted by Crippen LogP contribution is -2.42. The SMILES string of the molecule is CN=C(NCCc1ccco1)NCC(C)(C)CCOC.I.